The van der Waals surface area contributed by atoms with Gasteiger partial charge in [-0.3, -0.25) is 4.79 Å². The highest BCUT2D eigenvalue weighted by Gasteiger charge is 2.68. The number of fused-ring (bicyclic) bond motifs is 7. The third-order valence-electron chi connectivity index (χ3n) is 16.8. The van der Waals surface area contributed by atoms with Crippen LogP contribution in [0.3, 0.4) is 0 Å². The van der Waals surface area contributed by atoms with Gasteiger partial charge in [-0.25, -0.2) is 0 Å². The molecule has 0 N–H and O–H groups in total. The molecule has 8 atom stereocenters. The Morgan fingerprint density at radius 3 is 1.90 bits per heavy atom. The van der Waals surface area contributed by atoms with Gasteiger partial charge in [0.2, 0.25) is 0 Å². The van der Waals surface area contributed by atoms with Crippen LogP contribution in [0, 0.1) is 50.2 Å². The molecule has 48 heavy (non-hydrogen) atoms. The number of esters is 1. The standard InChI is InChI=1S/C46H80O2/c1-10-11-12-13-14-15-16-17-18-19-20-21-22-23-40(47)48-39-27-28-44(7)37(42(39,4)5)26-29-46(9)38(44)25-24-35-36-34-41(2,3)30-31-43(36,6)32-33-45(35,46)8/h24,36-39H,10-23,25-34H2,1-9H3/t36-,37?,38-,39+,43-,44+,45-,46-/m1/s1. The highest BCUT2D eigenvalue weighted by Crippen LogP contribution is 2.75. The van der Waals surface area contributed by atoms with Crippen LogP contribution in [0.5, 0.6) is 0 Å². The lowest BCUT2D eigenvalue weighted by Gasteiger charge is -2.71. The van der Waals surface area contributed by atoms with E-state index >= 15 is 0 Å². The summed E-state index contributed by atoms with van der Waals surface area (Å²) in [5.74, 6) is 2.18. The Morgan fingerprint density at radius 2 is 1.27 bits per heavy atom. The zero-order valence-electron chi connectivity index (χ0n) is 33.7. The van der Waals surface area contributed by atoms with E-state index in [0.717, 1.165) is 24.7 Å². The summed E-state index contributed by atoms with van der Waals surface area (Å²) >= 11 is 0. The Hall–Kier alpha value is -0.790. The SMILES string of the molecule is CCCCCCCCCCCCCCCC(=O)O[C@H]1CC[C@@]2(C)C(CC[C@]3(C)[C@@H]2CC=C2[C@H]4CC(C)(C)CC[C@]4(C)CC[C@]23C)C1(C)C. The van der Waals surface area contributed by atoms with Crippen molar-refractivity contribution in [2.75, 3.05) is 0 Å². The third kappa shape index (κ3) is 7.41. The first-order valence-corrected chi connectivity index (χ1v) is 21.5. The molecule has 0 aromatic carbocycles. The number of carbonyl (C=O) groups is 1. The van der Waals surface area contributed by atoms with Gasteiger partial charge in [-0.15, -0.1) is 0 Å². The van der Waals surface area contributed by atoms with Crippen molar-refractivity contribution >= 4 is 5.97 Å². The van der Waals surface area contributed by atoms with Crippen LogP contribution < -0.4 is 0 Å². The van der Waals surface area contributed by atoms with E-state index in [1.807, 2.05) is 5.57 Å². The molecule has 0 bridgehead atoms. The van der Waals surface area contributed by atoms with Gasteiger partial charge in [-0.05, 0) is 115 Å². The van der Waals surface area contributed by atoms with Crippen molar-refractivity contribution in [3.63, 3.8) is 0 Å². The monoisotopic (exact) mass is 665 g/mol. The van der Waals surface area contributed by atoms with Crippen molar-refractivity contribution in [2.24, 2.45) is 50.2 Å². The molecule has 1 unspecified atom stereocenters. The Bertz CT molecular complexity index is 1120. The molecule has 0 spiro atoms. The van der Waals surface area contributed by atoms with E-state index in [9.17, 15) is 4.79 Å². The average Bonchev–Trinajstić information content (AvgIpc) is 3.02. The number of ether oxygens (including phenoxy) is 1. The van der Waals surface area contributed by atoms with Gasteiger partial charge < -0.3 is 4.74 Å². The van der Waals surface area contributed by atoms with Gasteiger partial charge in [0, 0.05) is 11.8 Å². The zero-order chi connectivity index (χ0) is 34.8. The van der Waals surface area contributed by atoms with Crippen LogP contribution in [0.25, 0.3) is 0 Å². The predicted molar refractivity (Wildman–Crippen MR) is 205 cm³/mol. The number of unbranched alkanes of at least 4 members (excludes halogenated alkanes) is 12. The zero-order valence-corrected chi connectivity index (χ0v) is 33.7. The smallest absolute Gasteiger partial charge is 0.306 e. The Morgan fingerprint density at radius 1 is 0.688 bits per heavy atom. The summed E-state index contributed by atoms with van der Waals surface area (Å²) in [4.78, 5) is 13.2. The number of hydrogen-bond donors (Lipinski definition) is 0. The lowest BCUT2D eigenvalue weighted by atomic mass is 9.33. The molecule has 2 heteroatoms. The van der Waals surface area contributed by atoms with Crippen LogP contribution in [0.2, 0.25) is 0 Å². The maximum Gasteiger partial charge on any atom is 0.306 e. The molecule has 0 radical (unpaired) electrons. The Balaban J connectivity index is 1.12. The molecule has 0 heterocycles. The van der Waals surface area contributed by atoms with E-state index in [4.69, 9.17) is 4.74 Å². The van der Waals surface area contributed by atoms with E-state index in [0.29, 0.717) is 39.4 Å². The van der Waals surface area contributed by atoms with E-state index in [2.05, 4.69) is 68.4 Å². The first-order chi connectivity index (χ1) is 22.6. The molecule has 4 saturated carbocycles. The molecule has 5 rings (SSSR count). The normalized spacial score (nSPS) is 39.7. The predicted octanol–water partition coefficient (Wildman–Crippen LogP) is 14.2. The molecular weight excluding hydrogens is 585 g/mol. The van der Waals surface area contributed by atoms with Crippen LogP contribution in [0.15, 0.2) is 11.6 Å². The molecule has 0 aromatic rings. The van der Waals surface area contributed by atoms with Crippen molar-refractivity contribution in [3.8, 4) is 0 Å². The molecule has 5 aliphatic carbocycles. The summed E-state index contributed by atoms with van der Waals surface area (Å²) in [5.41, 5.74) is 3.87. The molecular formula is C46H80O2. The summed E-state index contributed by atoms with van der Waals surface area (Å²) in [7, 11) is 0. The summed E-state index contributed by atoms with van der Waals surface area (Å²) in [6.45, 7) is 23.0. The van der Waals surface area contributed by atoms with Gasteiger partial charge in [-0.2, -0.15) is 0 Å². The largest absolute Gasteiger partial charge is 0.462 e. The molecule has 5 aliphatic rings. The van der Waals surface area contributed by atoms with Crippen molar-refractivity contribution in [3.05, 3.63) is 11.6 Å². The minimum absolute atomic E-state index is 0.0312. The molecule has 0 aromatic heterocycles. The molecule has 0 saturated heterocycles. The van der Waals surface area contributed by atoms with Gasteiger partial charge >= 0.3 is 5.97 Å². The lowest BCUT2D eigenvalue weighted by Crippen LogP contribution is -2.64. The summed E-state index contributed by atoms with van der Waals surface area (Å²) in [6, 6.07) is 0. The van der Waals surface area contributed by atoms with Crippen LogP contribution in [0.1, 0.15) is 216 Å². The maximum absolute atomic E-state index is 13.2. The molecule has 4 fully saturated rings. The van der Waals surface area contributed by atoms with E-state index in [1.165, 1.54) is 135 Å². The number of rotatable bonds is 15. The fraction of sp³-hybridized carbons (Fsp3) is 0.935. The number of carbonyl (C=O) groups excluding carboxylic acids is 1. The van der Waals surface area contributed by atoms with Gasteiger partial charge in [0.15, 0.2) is 0 Å². The van der Waals surface area contributed by atoms with Crippen molar-refractivity contribution in [1.82, 2.24) is 0 Å². The lowest BCUT2D eigenvalue weighted by molar-refractivity contribution is -0.212. The third-order valence-corrected chi connectivity index (χ3v) is 16.8. The fourth-order valence-electron chi connectivity index (χ4n) is 13.2. The van der Waals surface area contributed by atoms with Gasteiger partial charge in [0.25, 0.3) is 0 Å². The highest BCUT2D eigenvalue weighted by atomic mass is 16.5. The Labute approximate surface area is 299 Å². The van der Waals surface area contributed by atoms with Crippen molar-refractivity contribution in [1.29, 1.82) is 0 Å². The van der Waals surface area contributed by atoms with Gasteiger partial charge in [0.05, 0.1) is 0 Å². The minimum Gasteiger partial charge on any atom is -0.462 e. The average molecular weight is 665 g/mol. The maximum atomic E-state index is 13.2. The number of hydrogen-bond acceptors (Lipinski definition) is 2. The Kier molecular flexibility index (Phi) is 12.1. The van der Waals surface area contributed by atoms with E-state index in [-0.39, 0.29) is 17.5 Å². The first-order valence-electron chi connectivity index (χ1n) is 21.5. The van der Waals surface area contributed by atoms with E-state index < -0.39 is 0 Å². The second-order valence-electron chi connectivity index (χ2n) is 20.7. The van der Waals surface area contributed by atoms with Crippen LogP contribution in [0.4, 0.5) is 0 Å². The van der Waals surface area contributed by atoms with Crippen molar-refractivity contribution in [2.45, 2.75) is 223 Å². The highest BCUT2D eigenvalue weighted by molar-refractivity contribution is 5.69. The van der Waals surface area contributed by atoms with Crippen LogP contribution >= 0.6 is 0 Å². The van der Waals surface area contributed by atoms with E-state index in [1.54, 1.807) is 0 Å². The number of allylic oxidation sites excluding steroid dienone is 2. The molecule has 0 amide bonds. The minimum atomic E-state index is 0.0312. The topological polar surface area (TPSA) is 26.3 Å². The summed E-state index contributed by atoms with van der Waals surface area (Å²) in [6.07, 6.45) is 34.0. The quantitative estimate of drug-likeness (QED) is 0.0989. The summed E-state index contributed by atoms with van der Waals surface area (Å²) < 4.78 is 6.41. The molecule has 2 nitrogen and oxygen atoms in total. The first kappa shape index (κ1) is 38.4. The summed E-state index contributed by atoms with van der Waals surface area (Å²) in [5, 5.41) is 0. The fourth-order valence-corrected chi connectivity index (χ4v) is 13.2. The van der Waals surface area contributed by atoms with Gasteiger partial charge in [-0.1, -0.05) is 151 Å². The molecule has 0 aliphatic heterocycles. The second-order valence-corrected chi connectivity index (χ2v) is 20.7. The van der Waals surface area contributed by atoms with Crippen LogP contribution in [-0.4, -0.2) is 12.1 Å². The van der Waals surface area contributed by atoms with Crippen molar-refractivity contribution < 1.29 is 9.53 Å². The molecule has 276 valence electrons. The second kappa shape index (κ2) is 15.1. The van der Waals surface area contributed by atoms with Crippen LogP contribution in [-0.2, 0) is 9.53 Å². The van der Waals surface area contributed by atoms with Gasteiger partial charge in [0.1, 0.15) is 6.10 Å².